The van der Waals surface area contributed by atoms with Crippen LogP contribution in [0.2, 0.25) is 0 Å². The Kier molecular flexibility index (Phi) is 3.70. The fraction of sp³-hybridized carbons (Fsp3) is 0.267. The second kappa shape index (κ2) is 5.65. The Labute approximate surface area is 125 Å². The summed E-state index contributed by atoms with van der Waals surface area (Å²) >= 11 is 1.62. The van der Waals surface area contributed by atoms with E-state index in [1.165, 1.54) is 17.4 Å². The third-order valence-corrected chi connectivity index (χ3v) is 4.60. The number of carboxylic acid groups (broad SMARTS) is 1. The standard InChI is InChI=1S/C15H14N2O3S/c18-14(10-8-21-12-6-2-1-4-9(10)12)17-13-7-3-5-11(16-13)15(19)20/h3,5,7-8H,1-2,4,6H2,(H,19,20)(H,16,17,18). The average Bonchev–Trinajstić information content (AvgIpc) is 2.91. The maximum atomic E-state index is 12.3. The SMILES string of the molecule is O=C(O)c1cccc(NC(=O)c2csc3c2CCCC3)n1. The minimum Gasteiger partial charge on any atom is -0.477 e. The van der Waals surface area contributed by atoms with Crippen molar-refractivity contribution < 1.29 is 14.7 Å². The molecule has 0 unspecified atom stereocenters. The van der Waals surface area contributed by atoms with E-state index in [1.54, 1.807) is 23.5 Å². The Morgan fingerprint density at radius 2 is 2.05 bits per heavy atom. The van der Waals surface area contributed by atoms with Crippen LogP contribution in [0.3, 0.4) is 0 Å². The van der Waals surface area contributed by atoms with Gasteiger partial charge in [-0.2, -0.15) is 0 Å². The van der Waals surface area contributed by atoms with Gasteiger partial charge in [0.25, 0.3) is 5.91 Å². The number of aromatic nitrogens is 1. The van der Waals surface area contributed by atoms with Crippen LogP contribution in [0, 0.1) is 0 Å². The molecular weight excluding hydrogens is 288 g/mol. The molecule has 108 valence electrons. The molecular formula is C15H14N2O3S. The van der Waals surface area contributed by atoms with Crippen LogP contribution in [-0.4, -0.2) is 22.0 Å². The lowest BCUT2D eigenvalue weighted by molar-refractivity contribution is 0.0690. The monoisotopic (exact) mass is 302 g/mol. The van der Waals surface area contributed by atoms with Crippen molar-refractivity contribution in [3.8, 4) is 0 Å². The van der Waals surface area contributed by atoms with Crippen molar-refractivity contribution >= 4 is 29.0 Å². The number of carbonyl (C=O) groups excluding carboxylic acids is 1. The van der Waals surface area contributed by atoms with Crippen LogP contribution in [-0.2, 0) is 12.8 Å². The van der Waals surface area contributed by atoms with Gasteiger partial charge in [-0.3, -0.25) is 4.79 Å². The number of carboxylic acids is 1. The van der Waals surface area contributed by atoms with Gasteiger partial charge >= 0.3 is 5.97 Å². The van der Waals surface area contributed by atoms with Gasteiger partial charge in [-0.25, -0.2) is 9.78 Å². The lowest BCUT2D eigenvalue weighted by Crippen LogP contribution is -2.16. The number of amides is 1. The molecule has 0 aromatic carbocycles. The predicted octanol–water partition coefficient (Wildman–Crippen LogP) is 2.97. The van der Waals surface area contributed by atoms with E-state index in [0.29, 0.717) is 5.56 Å². The number of carbonyl (C=O) groups is 2. The van der Waals surface area contributed by atoms with Gasteiger partial charge < -0.3 is 10.4 Å². The van der Waals surface area contributed by atoms with Gasteiger partial charge in [0, 0.05) is 10.3 Å². The number of anilines is 1. The summed E-state index contributed by atoms with van der Waals surface area (Å²) in [5.41, 5.74) is 1.75. The third kappa shape index (κ3) is 2.80. The van der Waals surface area contributed by atoms with Crippen LogP contribution in [0.5, 0.6) is 0 Å². The van der Waals surface area contributed by atoms with Gasteiger partial charge in [0.2, 0.25) is 0 Å². The fourth-order valence-corrected chi connectivity index (χ4v) is 3.62. The highest BCUT2D eigenvalue weighted by Gasteiger charge is 2.20. The normalized spacial score (nSPS) is 13.5. The molecule has 2 N–H and O–H groups in total. The first-order chi connectivity index (χ1) is 10.1. The van der Waals surface area contributed by atoms with Gasteiger partial charge in [0.15, 0.2) is 5.69 Å². The first-order valence-electron chi connectivity index (χ1n) is 6.76. The molecule has 2 aromatic heterocycles. The number of aromatic carboxylic acids is 1. The lowest BCUT2D eigenvalue weighted by Gasteiger charge is -2.12. The molecule has 0 fully saturated rings. The first kappa shape index (κ1) is 13.8. The molecule has 0 bridgehead atoms. The van der Waals surface area contributed by atoms with E-state index in [0.717, 1.165) is 24.8 Å². The second-order valence-corrected chi connectivity index (χ2v) is 5.89. The van der Waals surface area contributed by atoms with Crippen LogP contribution >= 0.6 is 11.3 Å². The Hall–Kier alpha value is -2.21. The van der Waals surface area contributed by atoms with Crippen molar-refractivity contribution in [3.63, 3.8) is 0 Å². The molecule has 0 aliphatic heterocycles. The lowest BCUT2D eigenvalue weighted by atomic mass is 9.96. The van der Waals surface area contributed by atoms with Crippen LogP contribution in [0.25, 0.3) is 0 Å². The summed E-state index contributed by atoms with van der Waals surface area (Å²) in [4.78, 5) is 28.4. The number of nitrogens with one attached hydrogen (secondary N) is 1. The van der Waals surface area contributed by atoms with E-state index in [9.17, 15) is 9.59 Å². The summed E-state index contributed by atoms with van der Waals surface area (Å²) in [5, 5.41) is 13.5. The molecule has 21 heavy (non-hydrogen) atoms. The average molecular weight is 302 g/mol. The molecule has 2 aromatic rings. The van der Waals surface area contributed by atoms with Crippen LogP contribution in [0.15, 0.2) is 23.6 Å². The second-order valence-electron chi connectivity index (χ2n) is 4.93. The van der Waals surface area contributed by atoms with Gasteiger partial charge in [-0.05, 0) is 43.4 Å². The Bertz CT molecular complexity index is 709. The van der Waals surface area contributed by atoms with E-state index >= 15 is 0 Å². The van der Waals surface area contributed by atoms with Gasteiger partial charge in [0.1, 0.15) is 5.82 Å². The number of pyridine rings is 1. The van der Waals surface area contributed by atoms with E-state index in [-0.39, 0.29) is 17.4 Å². The first-order valence-corrected chi connectivity index (χ1v) is 7.64. The molecule has 3 rings (SSSR count). The van der Waals surface area contributed by atoms with Crippen molar-refractivity contribution in [2.45, 2.75) is 25.7 Å². The van der Waals surface area contributed by atoms with Crippen molar-refractivity contribution in [1.82, 2.24) is 4.98 Å². The molecule has 6 heteroatoms. The fourth-order valence-electron chi connectivity index (χ4n) is 2.49. The number of hydrogen-bond acceptors (Lipinski definition) is 4. The number of fused-ring (bicyclic) bond motifs is 1. The molecule has 0 saturated heterocycles. The number of nitrogens with zero attached hydrogens (tertiary/aromatic N) is 1. The molecule has 0 spiro atoms. The van der Waals surface area contributed by atoms with Gasteiger partial charge in [-0.15, -0.1) is 11.3 Å². The number of hydrogen-bond donors (Lipinski definition) is 2. The van der Waals surface area contributed by atoms with Crippen molar-refractivity contribution in [1.29, 1.82) is 0 Å². The van der Waals surface area contributed by atoms with Crippen LogP contribution in [0.1, 0.15) is 44.1 Å². The zero-order valence-electron chi connectivity index (χ0n) is 11.3. The highest BCUT2D eigenvalue weighted by atomic mass is 32.1. The van der Waals surface area contributed by atoms with Crippen molar-refractivity contribution in [2.24, 2.45) is 0 Å². The van der Waals surface area contributed by atoms with Crippen LogP contribution < -0.4 is 5.32 Å². The summed E-state index contributed by atoms with van der Waals surface area (Å²) in [6.07, 6.45) is 4.26. The topological polar surface area (TPSA) is 79.3 Å². The zero-order chi connectivity index (χ0) is 14.8. The number of rotatable bonds is 3. The van der Waals surface area contributed by atoms with E-state index in [4.69, 9.17) is 5.11 Å². The third-order valence-electron chi connectivity index (χ3n) is 3.52. The maximum absolute atomic E-state index is 12.3. The maximum Gasteiger partial charge on any atom is 0.354 e. The molecule has 5 nitrogen and oxygen atoms in total. The van der Waals surface area contributed by atoms with Gasteiger partial charge in [-0.1, -0.05) is 6.07 Å². The smallest absolute Gasteiger partial charge is 0.354 e. The predicted molar refractivity (Wildman–Crippen MR) is 80.1 cm³/mol. The molecule has 1 amide bonds. The Morgan fingerprint density at radius 3 is 2.86 bits per heavy atom. The minimum atomic E-state index is -1.11. The summed E-state index contributed by atoms with van der Waals surface area (Å²) < 4.78 is 0. The van der Waals surface area contributed by atoms with Crippen molar-refractivity contribution in [3.05, 3.63) is 45.3 Å². The highest BCUT2D eigenvalue weighted by Crippen LogP contribution is 2.30. The van der Waals surface area contributed by atoms with Gasteiger partial charge in [0.05, 0.1) is 5.56 Å². The number of aryl methyl sites for hydroxylation is 1. The zero-order valence-corrected chi connectivity index (χ0v) is 12.1. The molecule has 1 aliphatic rings. The highest BCUT2D eigenvalue weighted by molar-refractivity contribution is 7.10. The van der Waals surface area contributed by atoms with E-state index < -0.39 is 5.97 Å². The van der Waals surface area contributed by atoms with E-state index in [2.05, 4.69) is 10.3 Å². The molecule has 2 heterocycles. The summed E-state index contributed by atoms with van der Waals surface area (Å²) in [6.45, 7) is 0. The summed E-state index contributed by atoms with van der Waals surface area (Å²) in [5.74, 6) is -1.07. The summed E-state index contributed by atoms with van der Waals surface area (Å²) in [6, 6.07) is 4.54. The minimum absolute atomic E-state index is 0.0832. The Morgan fingerprint density at radius 1 is 1.24 bits per heavy atom. The molecule has 0 saturated carbocycles. The number of thiophene rings is 1. The van der Waals surface area contributed by atoms with Crippen LogP contribution in [0.4, 0.5) is 5.82 Å². The molecule has 1 aliphatic carbocycles. The molecule has 0 atom stereocenters. The largest absolute Gasteiger partial charge is 0.477 e. The summed E-state index contributed by atoms with van der Waals surface area (Å²) in [7, 11) is 0. The van der Waals surface area contributed by atoms with Crippen molar-refractivity contribution in [2.75, 3.05) is 5.32 Å². The molecule has 0 radical (unpaired) electrons. The quantitative estimate of drug-likeness (QED) is 0.913. The Balaban J connectivity index is 1.82. The van der Waals surface area contributed by atoms with E-state index in [1.807, 2.05) is 5.38 Å².